The fourth-order valence-electron chi connectivity index (χ4n) is 2.26. The standard InChI is InChI=1S/C19H16N4O3/c1-26-18(25)14-9-5-6-10-15(14)22-17(24)16-11-12-20-19(23-16)21-13-7-3-2-4-8-13/h2-12H,1H3,(H,22,24)(H,20,21,23). The molecule has 0 aliphatic carbocycles. The number of hydrogen-bond acceptors (Lipinski definition) is 6. The lowest BCUT2D eigenvalue weighted by molar-refractivity contribution is 0.0602. The van der Waals surface area contributed by atoms with Crippen LogP contribution in [0.5, 0.6) is 0 Å². The molecule has 3 aromatic rings. The fraction of sp³-hybridized carbons (Fsp3) is 0.0526. The van der Waals surface area contributed by atoms with E-state index in [9.17, 15) is 9.59 Å². The zero-order valence-electron chi connectivity index (χ0n) is 14.0. The Bertz CT molecular complexity index is 929. The molecule has 7 nitrogen and oxygen atoms in total. The smallest absolute Gasteiger partial charge is 0.339 e. The Morgan fingerprint density at radius 2 is 1.69 bits per heavy atom. The number of esters is 1. The lowest BCUT2D eigenvalue weighted by Crippen LogP contribution is -2.17. The van der Waals surface area contributed by atoms with Gasteiger partial charge in [-0.3, -0.25) is 4.79 Å². The second-order valence-corrected chi connectivity index (χ2v) is 5.25. The summed E-state index contributed by atoms with van der Waals surface area (Å²) in [6.45, 7) is 0. The van der Waals surface area contributed by atoms with Crippen molar-refractivity contribution in [2.75, 3.05) is 17.7 Å². The number of nitrogens with one attached hydrogen (secondary N) is 2. The number of aromatic nitrogens is 2. The summed E-state index contributed by atoms with van der Waals surface area (Å²) in [5.74, 6) is -0.694. The average Bonchev–Trinajstić information content (AvgIpc) is 2.69. The quantitative estimate of drug-likeness (QED) is 0.688. The van der Waals surface area contributed by atoms with Gasteiger partial charge >= 0.3 is 5.97 Å². The van der Waals surface area contributed by atoms with E-state index in [0.717, 1.165) is 5.69 Å². The van der Waals surface area contributed by atoms with Gasteiger partial charge in [0.05, 0.1) is 18.4 Å². The van der Waals surface area contributed by atoms with Crippen molar-refractivity contribution < 1.29 is 14.3 Å². The highest BCUT2D eigenvalue weighted by atomic mass is 16.5. The average molecular weight is 348 g/mol. The third-order valence-electron chi connectivity index (χ3n) is 3.50. The van der Waals surface area contributed by atoms with E-state index in [1.165, 1.54) is 19.4 Å². The molecular formula is C19H16N4O3. The highest BCUT2D eigenvalue weighted by Crippen LogP contribution is 2.17. The van der Waals surface area contributed by atoms with Gasteiger partial charge in [-0.1, -0.05) is 30.3 Å². The van der Waals surface area contributed by atoms with Gasteiger partial charge in [0.15, 0.2) is 0 Å². The highest BCUT2D eigenvalue weighted by molar-refractivity contribution is 6.07. The minimum atomic E-state index is -0.532. The van der Waals surface area contributed by atoms with Crippen molar-refractivity contribution >= 4 is 29.2 Å². The summed E-state index contributed by atoms with van der Waals surface area (Å²) >= 11 is 0. The number of methoxy groups -OCH3 is 1. The monoisotopic (exact) mass is 348 g/mol. The molecule has 0 saturated carbocycles. The van der Waals surface area contributed by atoms with Crippen molar-refractivity contribution in [3.63, 3.8) is 0 Å². The molecule has 0 atom stereocenters. The SMILES string of the molecule is COC(=O)c1ccccc1NC(=O)c1ccnc(Nc2ccccc2)n1. The van der Waals surface area contributed by atoms with Crippen LogP contribution in [0.1, 0.15) is 20.8 Å². The molecule has 0 radical (unpaired) electrons. The molecule has 1 aromatic heterocycles. The normalized spacial score (nSPS) is 10.0. The maximum absolute atomic E-state index is 12.5. The lowest BCUT2D eigenvalue weighted by Gasteiger charge is -2.10. The number of amides is 1. The predicted octanol–water partition coefficient (Wildman–Crippen LogP) is 3.26. The van der Waals surface area contributed by atoms with Crippen LogP contribution >= 0.6 is 0 Å². The van der Waals surface area contributed by atoms with Crippen LogP contribution in [0.25, 0.3) is 0 Å². The molecule has 0 bridgehead atoms. The minimum Gasteiger partial charge on any atom is -0.465 e. The summed E-state index contributed by atoms with van der Waals surface area (Å²) < 4.78 is 4.72. The summed E-state index contributed by atoms with van der Waals surface area (Å²) in [6, 6.07) is 17.5. The van der Waals surface area contributed by atoms with Crippen LogP contribution < -0.4 is 10.6 Å². The maximum Gasteiger partial charge on any atom is 0.339 e. The van der Waals surface area contributed by atoms with E-state index in [2.05, 4.69) is 20.6 Å². The molecule has 0 spiro atoms. The first kappa shape index (κ1) is 17.1. The molecule has 0 saturated heterocycles. The number of benzene rings is 2. The first-order chi connectivity index (χ1) is 12.7. The molecule has 1 amide bonds. The second kappa shape index (κ2) is 7.89. The van der Waals surface area contributed by atoms with Crippen molar-refractivity contribution in [1.82, 2.24) is 9.97 Å². The molecule has 0 fully saturated rings. The number of anilines is 3. The van der Waals surface area contributed by atoms with E-state index in [1.54, 1.807) is 24.3 Å². The van der Waals surface area contributed by atoms with Gasteiger partial charge in [0.2, 0.25) is 5.95 Å². The van der Waals surface area contributed by atoms with Gasteiger partial charge in [-0.05, 0) is 30.3 Å². The number of nitrogens with zero attached hydrogens (tertiary/aromatic N) is 2. The topological polar surface area (TPSA) is 93.2 Å². The van der Waals surface area contributed by atoms with Crippen LogP contribution in [0.2, 0.25) is 0 Å². The van der Waals surface area contributed by atoms with E-state index < -0.39 is 11.9 Å². The van der Waals surface area contributed by atoms with E-state index in [0.29, 0.717) is 11.6 Å². The first-order valence-corrected chi connectivity index (χ1v) is 7.81. The summed E-state index contributed by atoms with van der Waals surface area (Å²) in [5, 5.41) is 5.70. The molecule has 1 heterocycles. The largest absolute Gasteiger partial charge is 0.465 e. The zero-order chi connectivity index (χ0) is 18.4. The number of rotatable bonds is 5. The molecule has 7 heteroatoms. The molecule has 0 aliphatic rings. The maximum atomic E-state index is 12.5. The Balaban J connectivity index is 1.79. The van der Waals surface area contributed by atoms with Gasteiger partial charge in [-0.2, -0.15) is 0 Å². The lowest BCUT2D eigenvalue weighted by atomic mass is 10.1. The molecule has 130 valence electrons. The van der Waals surface area contributed by atoms with E-state index in [1.807, 2.05) is 30.3 Å². The van der Waals surface area contributed by atoms with Crippen molar-refractivity contribution in [2.45, 2.75) is 0 Å². The van der Waals surface area contributed by atoms with Gasteiger partial charge in [0.25, 0.3) is 5.91 Å². The summed E-state index contributed by atoms with van der Waals surface area (Å²) in [4.78, 5) is 32.6. The first-order valence-electron chi connectivity index (χ1n) is 7.81. The van der Waals surface area contributed by atoms with Crippen LogP contribution in [0.15, 0.2) is 66.9 Å². The molecule has 26 heavy (non-hydrogen) atoms. The van der Waals surface area contributed by atoms with Crippen LogP contribution in [-0.2, 0) is 4.74 Å². The zero-order valence-corrected chi connectivity index (χ0v) is 14.0. The Morgan fingerprint density at radius 3 is 2.46 bits per heavy atom. The van der Waals surface area contributed by atoms with Crippen molar-refractivity contribution in [2.24, 2.45) is 0 Å². The van der Waals surface area contributed by atoms with E-state index in [4.69, 9.17) is 4.74 Å². The van der Waals surface area contributed by atoms with Crippen molar-refractivity contribution in [3.05, 3.63) is 78.1 Å². The van der Waals surface area contributed by atoms with Gasteiger partial charge in [0.1, 0.15) is 5.69 Å². The third-order valence-corrected chi connectivity index (χ3v) is 3.50. The van der Waals surface area contributed by atoms with Crippen LogP contribution in [-0.4, -0.2) is 29.0 Å². The predicted molar refractivity (Wildman–Crippen MR) is 97.5 cm³/mol. The number of para-hydroxylation sites is 2. The Morgan fingerprint density at radius 1 is 0.962 bits per heavy atom. The molecule has 0 aliphatic heterocycles. The summed E-state index contributed by atoms with van der Waals surface area (Å²) in [5.41, 5.74) is 1.58. The summed E-state index contributed by atoms with van der Waals surface area (Å²) in [7, 11) is 1.28. The van der Waals surface area contributed by atoms with Gasteiger partial charge in [-0.25, -0.2) is 14.8 Å². The van der Waals surface area contributed by atoms with E-state index >= 15 is 0 Å². The molecular weight excluding hydrogens is 332 g/mol. The third kappa shape index (κ3) is 4.02. The fourth-order valence-corrected chi connectivity index (χ4v) is 2.26. The molecule has 2 aromatic carbocycles. The Kier molecular flexibility index (Phi) is 5.19. The minimum absolute atomic E-state index is 0.165. The van der Waals surface area contributed by atoms with Crippen LogP contribution in [0.3, 0.4) is 0 Å². The number of carbonyl (C=O) groups is 2. The highest BCUT2D eigenvalue weighted by Gasteiger charge is 2.15. The molecule has 3 rings (SSSR count). The molecule has 0 unspecified atom stereocenters. The van der Waals surface area contributed by atoms with E-state index in [-0.39, 0.29) is 11.3 Å². The second-order valence-electron chi connectivity index (χ2n) is 5.25. The van der Waals surface area contributed by atoms with Gasteiger partial charge < -0.3 is 15.4 Å². The number of ether oxygens (including phenoxy) is 1. The van der Waals surface area contributed by atoms with Gasteiger partial charge in [0, 0.05) is 11.9 Å². The number of hydrogen-bond donors (Lipinski definition) is 2. The summed E-state index contributed by atoms with van der Waals surface area (Å²) in [6.07, 6.45) is 1.49. The van der Waals surface area contributed by atoms with Crippen molar-refractivity contribution in [3.8, 4) is 0 Å². The van der Waals surface area contributed by atoms with Crippen LogP contribution in [0, 0.1) is 0 Å². The Hall–Kier alpha value is -3.74. The van der Waals surface area contributed by atoms with Crippen LogP contribution in [0.4, 0.5) is 17.3 Å². The Labute approximate surface area is 150 Å². The van der Waals surface area contributed by atoms with Gasteiger partial charge in [-0.15, -0.1) is 0 Å². The molecule has 2 N–H and O–H groups in total. The number of carbonyl (C=O) groups excluding carboxylic acids is 2. The van der Waals surface area contributed by atoms with Crippen molar-refractivity contribution in [1.29, 1.82) is 0 Å².